The van der Waals surface area contributed by atoms with E-state index in [1.165, 1.54) is 12.1 Å². The number of carbonyl (C=O) groups is 1. The van der Waals surface area contributed by atoms with Crippen molar-refractivity contribution in [1.29, 1.82) is 0 Å². The third kappa shape index (κ3) is 3.40. The molecule has 2 saturated heterocycles. The molecule has 168 valence electrons. The third-order valence-corrected chi connectivity index (χ3v) is 6.99. The Morgan fingerprint density at radius 3 is 2.72 bits per heavy atom. The average Bonchev–Trinajstić information content (AvgIpc) is 3.55. The van der Waals surface area contributed by atoms with E-state index in [0.717, 1.165) is 31.7 Å². The zero-order valence-electron chi connectivity index (χ0n) is 18.6. The molecule has 5 rings (SSSR count). The summed E-state index contributed by atoms with van der Waals surface area (Å²) in [5, 5.41) is 8.49. The van der Waals surface area contributed by atoms with Gasteiger partial charge in [0.15, 0.2) is 0 Å². The maximum absolute atomic E-state index is 13.4. The van der Waals surface area contributed by atoms with Crippen LogP contribution < -0.4 is 0 Å². The highest BCUT2D eigenvalue weighted by Gasteiger charge is 2.54. The van der Waals surface area contributed by atoms with Gasteiger partial charge in [0.25, 0.3) is 5.91 Å². The largest absolute Gasteiger partial charge is 0.339 e. The number of likely N-dealkylation sites (tertiary alicyclic amines) is 2. The minimum atomic E-state index is -0.308. The first-order valence-corrected chi connectivity index (χ1v) is 11.0. The molecule has 0 saturated carbocycles. The topological polar surface area (TPSA) is 80.3 Å². The average molecular weight is 439 g/mol. The number of benzene rings is 1. The maximum atomic E-state index is 13.4. The van der Waals surface area contributed by atoms with Crippen molar-refractivity contribution in [3.63, 3.8) is 0 Å². The summed E-state index contributed by atoms with van der Waals surface area (Å²) in [5.41, 5.74) is 2.10. The third-order valence-electron chi connectivity index (χ3n) is 6.99. The van der Waals surface area contributed by atoms with Crippen molar-refractivity contribution in [1.82, 2.24) is 29.7 Å². The molecule has 0 aliphatic carbocycles. The molecule has 0 unspecified atom stereocenters. The van der Waals surface area contributed by atoms with E-state index in [0.29, 0.717) is 35.9 Å². The summed E-state index contributed by atoms with van der Waals surface area (Å²) < 4.78 is 20.8. The van der Waals surface area contributed by atoms with Crippen molar-refractivity contribution >= 4 is 5.91 Å². The number of aromatic nitrogens is 4. The first-order chi connectivity index (χ1) is 15.4. The van der Waals surface area contributed by atoms with Crippen LogP contribution in [0.25, 0.3) is 11.4 Å². The second-order valence-electron chi connectivity index (χ2n) is 9.01. The quantitative estimate of drug-likeness (QED) is 0.623. The first kappa shape index (κ1) is 20.8. The van der Waals surface area contributed by atoms with Crippen LogP contribution in [0, 0.1) is 18.2 Å². The molecule has 32 heavy (non-hydrogen) atoms. The van der Waals surface area contributed by atoms with E-state index >= 15 is 0 Å². The van der Waals surface area contributed by atoms with Crippen LogP contribution in [0.15, 0.2) is 35.0 Å². The highest BCUT2D eigenvalue weighted by atomic mass is 19.1. The molecule has 2 aliphatic rings. The van der Waals surface area contributed by atoms with E-state index < -0.39 is 0 Å². The van der Waals surface area contributed by atoms with E-state index in [1.807, 2.05) is 23.4 Å². The van der Waals surface area contributed by atoms with Crippen molar-refractivity contribution in [3.05, 3.63) is 53.4 Å². The number of nitrogens with zero attached hydrogens (tertiary/aromatic N) is 6. The lowest BCUT2D eigenvalue weighted by Gasteiger charge is -2.27. The fourth-order valence-electron chi connectivity index (χ4n) is 5.22. The van der Waals surface area contributed by atoms with Crippen LogP contribution in [0.4, 0.5) is 4.39 Å². The summed E-state index contributed by atoms with van der Waals surface area (Å²) in [6.07, 6.45) is 2.63. The van der Waals surface area contributed by atoms with Crippen molar-refractivity contribution in [2.45, 2.75) is 32.7 Å². The van der Waals surface area contributed by atoms with Gasteiger partial charge in [-0.25, -0.2) is 4.39 Å². The van der Waals surface area contributed by atoms with Gasteiger partial charge in [-0.15, -0.1) is 0 Å². The van der Waals surface area contributed by atoms with Crippen LogP contribution in [0.5, 0.6) is 0 Å². The predicted octanol–water partition coefficient (Wildman–Crippen LogP) is 2.96. The van der Waals surface area contributed by atoms with Crippen LogP contribution >= 0.6 is 0 Å². The number of carbonyl (C=O) groups excluding carboxylic acids is 1. The van der Waals surface area contributed by atoms with Gasteiger partial charge in [-0.3, -0.25) is 9.48 Å². The van der Waals surface area contributed by atoms with Crippen molar-refractivity contribution < 1.29 is 13.7 Å². The molecule has 0 radical (unpaired) electrons. The van der Waals surface area contributed by atoms with Crippen molar-refractivity contribution in [3.8, 4) is 11.4 Å². The molecular formula is C23H27FN6O2. The SMILES string of the molecule is CCn1ncc(C(=O)N2C[C@@H](c3nc(-c4ccc(F)cc4)no3)[C@]3(CCN(C)C3)C2)c1C. The minimum Gasteiger partial charge on any atom is -0.339 e. The molecule has 1 aromatic carbocycles. The smallest absolute Gasteiger partial charge is 0.257 e. The minimum absolute atomic E-state index is 0.00287. The number of rotatable bonds is 4. The van der Waals surface area contributed by atoms with Crippen LogP contribution in [-0.2, 0) is 6.54 Å². The molecule has 2 fully saturated rings. The molecule has 1 spiro atoms. The molecule has 9 heteroatoms. The first-order valence-electron chi connectivity index (χ1n) is 11.0. The Kier molecular flexibility index (Phi) is 5.08. The highest BCUT2D eigenvalue weighted by molar-refractivity contribution is 5.95. The molecule has 2 aliphatic heterocycles. The Balaban J connectivity index is 1.45. The number of hydrogen-bond donors (Lipinski definition) is 0. The van der Waals surface area contributed by atoms with Crippen molar-refractivity contribution in [2.75, 3.05) is 33.2 Å². The van der Waals surface area contributed by atoms with E-state index in [2.05, 4.69) is 27.2 Å². The lowest BCUT2D eigenvalue weighted by atomic mass is 9.77. The molecule has 0 N–H and O–H groups in total. The summed E-state index contributed by atoms with van der Waals surface area (Å²) in [7, 11) is 2.10. The maximum Gasteiger partial charge on any atom is 0.257 e. The molecule has 0 bridgehead atoms. The second-order valence-corrected chi connectivity index (χ2v) is 9.01. The second kappa shape index (κ2) is 7.81. The Morgan fingerprint density at radius 2 is 2.06 bits per heavy atom. The van der Waals surface area contributed by atoms with Crippen LogP contribution in [0.2, 0.25) is 0 Å². The molecular weight excluding hydrogens is 411 g/mol. The number of hydrogen-bond acceptors (Lipinski definition) is 6. The molecule has 4 heterocycles. The monoisotopic (exact) mass is 438 g/mol. The van der Waals surface area contributed by atoms with E-state index in [-0.39, 0.29) is 23.1 Å². The van der Waals surface area contributed by atoms with Crippen molar-refractivity contribution in [2.24, 2.45) is 5.41 Å². The fourth-order valence-corrected chi connectivity index (χ4v) is 5.22. The lowest BCUT2D eigenvalue weighted by Crippen LogP contribution is -2.34. The van der Waals surface area contributed by atoms with Gasteiger partial charge in [0.2, 0.25) is 11.7 Å². The number of aryl methyl sites for hydroxylation is 1. The molecule has 3 aromatic rings. The Morgan fingerprint density at radius 1 is 1.28 bits per heavy atom. The molecule has 1 amide bonds. The molecule has 2 atom stereocenters. The van der Waals surface area contributed by atoms with Gasteiger partial charge >= 0.3 is 0 Å². The van der Waals surface area contributed by atoms with E-state index in [1.54, 1.807) is 18.3 Å². The van der Waals surface area contributed by atoms with Gasteiger partial charge in [-0.2, -0.15) is 10.1 Å². The standard InChI is InChI=1S/C23H27FN6O2/c1-4-30-15(2)18(11-25-30)22(31)29-12-19(23(14-29)9-10-28(3)13-23)21-26-20(27-32-21)16-5-7-17(24)8-6-16/h5-8,11,19H,4,9-10,12-14H2,1-3H3/t19-,23-/m0/s1. The zero-order chi connectivity index (χ0) is 22.5. The fraction of sp³-hybridized carbons (Fsp3) is 0.478. The van der Waals surface area contributed by atoms with Gasteiger partial charge in [0.1, 0.15) is 5.82 Å². The van der Waals surface area contributed by atoms with Gasteiger partial charge < -0.3 is 14.3 Å². The van der Waals surface area contributed by atoms with Crippen LogP contribution in [0.1, 0.15) is 41.2 Å². The molecule has 8 nitrogen and oxygen atoms in total. The van der Waals surface area contributed by atoms with Gasteiger partial charge in [-0.1, -0.05) is 5.16 Å². The Bertz CT molecular complexity index is 1140. The summed E-state index contributed by atoms with van der Waals surface area (Å²) >= 11 is 0. The molecule has 2 aromatic heterocycles. The van der Waals surface area contributed by atoms with Crippen LogP contribution in [-0.4, -0.2) is 68.9 Å². The normalized spacial score (nSPS) is 23.5. The van der Waals surface area contributed by atoms with Gasteiger partial charge in [-0.05, 0) is 58.1 Å². The lowest BCUT2D eigenvalue weighted by molar-refractivity contribution is 0.0773. The zero-order valence-corrected chi connectivity index (χ0v) is 18.6. The highest BCUT2D eigenvalue weighted by Crippen LogP contribution is 2.49. The van der Waals surface area contributed by atoms with Gasteiger partial charge in [0.05, 0.1) is 17.7 Å². The van der Waals surface area contributed by atoms with Crippen LogP contribution in [0.3, 0.4) is 0 Å². The summed E-state index contributed by atoms with van der Waals surface area (Å²) in [6, 6.07) is 6.05. The van der Waals surface area contributed by atoms with E-state index in [4.69, 9.17) is 4.52 Å². The Labute approximate surface area is 186 Å². The summed E-state index contributed by atoms with van der Waals surface area (Å²) in [4.78, 5) is 22.3. The summed E-state index contributed by atoms with van der Waals surface area (Å²) in [6.45, 7) is 7.67. The number of amides is 1. The van der Waals surface area contributed by atoms with Gasteiger partial charge in [0, 0.05) is 42.9 Å². The summed E-state index contributed by atoms with van der Waals surface area (Å²) in [5.74, 6) is 0.607. The van der Waals surface area contributed by atoms with E-state index in [9.17, 15) is 9.18 Å². The predicted molar refractivity (Wildman–Crippen MR) is 116 cm³/mol. The number of halogens is 1. The Hall–Kier alpha value is -3.07.